The highest BCUT2D eigenvalue weighted by Crippen LogP contribution is 2.31. The summed E-state index contributed by atoms with van der Waals surface area (Å²) in [6, 6.07) is 5.44. The van der Waals surface area contributed by atoms with Gasteiger partial charge in [0.1, 0.15) is 0 Å². The zero-order valence-electron chi connectivity index (χ0n) is 10.2. The molecule has 0 saturated heterocycles. The number of nitrogen functional groups attached to an aromatic ring is 1. The van der Waals surface area contributed by atoms with Crippen LogP contribution < -0.4 is 10.0 Å². The Balaban J connectivity index is 2.49. The molecule has 2 N–H and O–H groups in total. The molecule has 0 amide bonds. The molecule has 94 valence electrons. The zero-order valence-corrected chi connectivity index (χ0v) is 11.0. The van der Waals surface area contributed by atoms with E-state index in [1.807, 2.05) is 12.1 Å². The third-order valence-electron chi connectivity index (χ3n) is 3.08. The largest absolute Gasteiger partial charge is 0.399 e. The van der Waals surface area contributed by atoms with Gasteiger partial charge < -0.3 is 5.73 Å². The SMILES string of the molecule is CC(C)S(=O)(=O)N1CCCc2cc(N)ccc21. The number of fused-ring (bicyclic) bond motifs is 1. The molecular weight excluding hydrogens is 236 g/mol. The molecule has 4 nitrogen and oxygen atoms in total. The fourth-order valence-electron chi connectivity index (χ4n) is 2.10. The van der Waals surface area contributed by atoms with E-state index in [1.165, 1.54) is 4.31 Å². The monoisotopic (exact) mass is 254 g/mol. The molecule has 5 heteroatoms. The normalized spacial score (nSPS) is 16.1. The summed E-state index contributed by atoms with van der Waals surface area (Å²) >= 11 is 0. The number of anilines is 2. The average molecular weight is 254 g/mol. The molecule has 0 aliphatic carbocycles. The fourth-order valence-corrected chi connectivity index (χ4v) is 3.45. The summed E-state index contributed by atoms with van der Waals surface area (Å²) in [7, 11) is -3.23. The molecule has 0 aromatic heterocycles. The molecule has 0 saturated carbocycles. The molecule has 0 fully saturated rings. The minimum atomic E-state index is -3.23. The maximum Gasteiger partial charge on any atom is 0.237 e. The molecule has 2 rings (SSSR count). The van der Waals surface area contributed by atoms with Crippen LogP contribution in [0.15, 0.2) is 18.2 Å². The van der Waals surface area contributed by atoms with Gasteiger partial charge in [0.15, 0.2) is 0 Å². The van der Waals surface area contributed by atoms with E-state index in [1.54, 1.807) is 19.9 Å². The van der Waals surface area contributed by atoms with Crippen molar-refractivity contribution in [2.75, 3.05) is 16.6 Å². The predicted molar refractivity (Wildman–Crippen MR) is 70.6 cm³/mol. The summed E-state index contributed by atoms with van der Waals surface area (Å²) in [4.78, 5) is 0. The molecule has 1 aliphatic rings. The lowest BCUT2D eigenvalue weighted by Crippen LogP contribution is -2.39. The number of benzene rings is 1. The Hall–Kier alpha value is -1.23. The quantitative estimate of drug-likeness (QED) is 0.818. The van der Waals surface area contributed by atoms with Crippen molar-refractivity contribution in [3.05, 3.63) is 23.8 Å². The van der Waals surface area contributed by atoms with Crippen LogP contribution in [0.5, 0.6) is 0 Å². The smallest absolute Gasteiger partial charge is 0.237 e. The third kappa shape index (κ3) is 2.11. The minimum absolute atomic E-state index is 0.397. The second kappa shape index (κ2) is 4.22. The Bertz CT molecular complexity index is 523. The second-order valence-corrected chi connectivity index (χ2v) is 7.07. The molecule has 17 heavy (non-hydrogen) atoms. The van der Waals surface area contributed by atoms with E-state index in [4.69, 9.17) is 5.73 Å². The number of nitrogens with two attached hydrogens (primary N) is 1. The Kier molecular flexibility index (Phi) is 3.03. The van der Waals surface area contributed by atoms with Gasteiger partial charge >= 0.3 is 0 Å². The highest BCUT2D eigenvalue weighted by Gasteiger charge is 2.29. The highest BCUT2D eigenvalue weighted by atomic mass is 32.2. The number of aryl methyl sites for hydroxylation is 1. The van der Waals surface area contributed by atoms with Crippen molar-refractivity contribution >= 4 is 21.4 Å². The Morgan fingerprint density at radius 3 is 2.71 bits per heavy atom. The van der Waals surface area contributed by atoms with E-state index in [0.717, 1.165) is 24.1 Å². The molecule has 1 aromatic carbocycles. The van der Waals surface area contributed by atoms with Gasteiger partial charge in [-0.05, 0) is 50.5 Å². The van der Waals surface area contributed by atoms with Crippen LogP contribution in [-0.2, 0) is 16.4 Å². The first-order valence-corrected chi connectivity index (χ1v) is 7.33. The fraction of sp³-hybridized carbons (Fsp3) is 0.500. The van der Waals surface area contributed by atoms with E-state index in [-0.39, 0.29) is 0 Å². The van der Waals surface area contributed by atoms with Crippen molar-refractivity contribution in [1.29, 1.82) is 0 Å². The van der Waals surface area contributed by atoms with Crippen LogP contribution in [0.25, 0.3) is 0 Å². The number of sulfonamides is 1. The second-order valence-electron chi connectivity index (χ2n) is 4.66. The summed E-state index contributed by atoms with van der Waals surface area (Å²) in [5.74, 6) is 0. The van der Waals surface area contributed by atoms with Gasteiger partial charge in [0, 0.05) is 12.2 Å². The third-order valence-corrected chi connectivity index (χ3v) is 5.27. The minimum Gasteiger partial charge on any atom is -0.399 e. The summed E-state index contributed by atoms with van der Waals surface area (Å²) in [6.07, 6.45) is 1.74. The van der Waals surface area contributed by atoms with E-state index in [9.17, 15) is 8.42 Å². The van der Waals surface area contributed by atoms with E-state index >= 15 is 0 Å². The van der Waals surface area contributed by atoms with Gasteiger partial charge in [-0.15, -0.1) is 0 Å². The van der Waals surface area contributed by atoms with Gasteiger partial charge in [0.2, 0.25) is 10.0 Å². The lowest BCUT2D eigenvalue weighted by molar-refractivity contribution is 0.578. The van der Waals surface area contributed by atoms with Crippen LogP contribution in [0, 0.1) is 0 Å². The first-order chi connectivity index (χ1) is 7.93. The maximum atomic E-state index is 12.2. The average Bonchev–Trinajstić information content (AvgIpc) is 2.27. The first kappa shape index (κ1) is 12.2. The molecule has 0 radical (unpaired) electrons. The summed E-state index contributed by atoms with van der Waals surface area (Å²) in [5, 5.41) is -0.397. The van der Waals surface area contributed by atoms with Gasteiger partial charge in [-0.2, -0.15) is 0 Å². The number of hydrogen-bond acceptors (Lipinski definition) is 3. The van der Waals surface area contributed by atoms with Crippen LogP contribution >= 0.6 is 0 Å². The lowest BCUT2D eigenvalue weighted by atomic mass is 10.0. The maximum absolute atomic E-state index is 12.2. The van der Waals surface area contributed by atoms with Crippen LogP contribution in [0.4, 0.5) is 11.4 Å². The van der Waals surface area contributed by atoms with Gasteiger partial charge in [0.05, 0.1) is 10.9 Å². The van der Waals surface area contributed by atoms with Crippen molar-refractivity contribution in [2.24, 2.45) is 0 Å². The van der Waals surface area contributed by atoms with Gasteiger partial charge in [0.25, 0.3) is 0 Å². The predicted octanol–water partition coefficient (Wildman–Crippen LogP) is 1.76. The topological polar surface area (TPSA) is 63.4 Å². The molecule has 0 atom stereocenters. The van der Waals surface area contributed by atoms with Crippen LogP contribution in [-0.4, -0.2) is 20.2 Å². The summed E-state index contributed by atoms with van der Waals surface area (Å²) in [6.45, 7) is 3.99. The standard InChI is InChI=1S/C12H18N2O2S/c1-9(2)17(15,16)14-7-3-4-10-8-11(13)5-6-12(10)14/h5-6,8-9H,3-4,7,13H2,1-2H3. The van der Waals surface area contributed by atoms with Crippen molar-refractivity contribution in [2.45, 2.75) is 31.9 Å². The Morgan fingerprint density at radius 2 is 2.06 bits per heavy atom. The van der Waals surface area contributed by atoms with Crippen molar-refractivity contribution < 1.29 is 8.42 Å². The Labute approximate surface area is 102 Å². The molecule has 1 aromatic rings. The number of hydrogen-bond donors (Lipinski definition) is 1. The number of rotatable bonds is 2. The Morgan fingerprint density at radius 1 is 1.35 bits per heavy atom. The molecular formula is C12H18N2O2S. The summed E-state index contributed by atoms with van der Waals surface area (Å²) in [5.41, 5.74) is 8.23. The van der Waals surface area contributed by atoms with Gasteiger partial charge in [-0.1, -0.05) is 0 Å². The van der Waals surface area contributed by atoms with Gasteiger partial charge in [-0.3, -0.25) is 4.31 Å². The van der Waals surface area contributed by atoms with Crippen molar-refractivity contribution in [1.82, 2.24) is 0 Å². The molecule has 0 unspecified atom stereocenters. The van der Waals surface area contributed by atoms with E-state index in [0.29, 0.717) is 12.2 Å². The van der Waals surface area contributed by atoms with Crippen LogP contribution in [0.1, 0.15) is 25.8 Å². The van der Waals surface area contributed by atoms with Crippen LogP contribution in [0.3, 0.4) is 0 Å². The van der Waals surface area contributed by atoms with Crippen LogP contribution in [0.2, 0.25) is 0 Å². The highest BCUT2D eigenvalue weighted by molar-refractivity contribution is 7.93. The van der Waals surface area contributed by atoms with Gasteiger partial charge in [-0.25, -0.2) is 8.42 Å². The van der Waals surface area contributed by atoms with E-state index < -0.39 is 15.3 Å². The first-order valence-electron chi connectivity index (χ1n) is 5.83. The molecule has 1 heterocycles. The summed E-state index contributed by atoms with van der Waals surface area (Å²) < 4.78 is 26.0. The zero-order chi connectivity index (χ0) is 12.6. The molecule has 1 aliphatic heterocycles. The van der Waals surface area contributed by atoms with Crippen molar-refractivity contribution in [3.8, 4) is 0 Å². The van der Waals surface area contributed by atoms with E-state index in [2.05, 4.69) is 0 Å². The number of nitrogens with zero attached hydrogens (tertiary/aromatic N) is 1. The molecule has 0 spiro atoms. The van der Waals surface area contributed by atoms with Crippen molar-refractivity contribution in [3.63, 3.8) is 0 Å². The molecule has 0 bridgehead atoms. The lowest BCUT2D eigenvalue weighted by Gasteiger charge is -2.32.